The highest BCUT2D eigenvalue weighted by molar-refractivity contribution is 5.55. The van der Waals surface area contributed by atoms with Crippen molar-refractivity contribution < 1.29 is 25.5 Å². The molecule has 27 heavy (non-hydrogen) atoms. The van der Waals surface area contributed by atoms with Gasteiger partial charge in [0.1, 0.15) is 17.2 Å². The van der Waals surface area contributed by atoms with Gasteiger partial charge in [-0.15, -0.1) is 0 Å². The molecule has 0 aromatic heterocycles. The highest BCUT2D eigenvalue weighted by Crippen LogP contribution is 2.34. The van der Waals surface area contributed by atoms with Crippen molar-refractivity contribution in [2.45, 2.75) is 38.9 Å². The van der Waals surface area contributed by atoms with Crippen molar-refractivity contribution in [1.82, 2.24) is 0 Å². The quantitative estimate of drug-likeness (QED) is 0.375. The number of phenolic OH excluding ortho intramolecular Hbond substituents is 3. The Kier molecular flexibility index (Phi) is 7.33. The highest BCUT2D eigenvalue weighted by atomic mass is 16.3. The van der Waals surface area contributed by atoms with E-state index >= 15 is 0 Å². The number of phenols is 3. The summed E-state index contributed by atoms with van der Waals surface area (Å²) in [4.78, 5) is 0. The van der Waals surface area contributed by atoms with Gasteiger partial charge in [0, 0.05) is 18.5 Å². The molecule has 6 nitrogen and oxygen atoms in total. The Morgan fingerprint density at radius 2 is 1.56 bits per heavy atom. The van der Waals surface area contributed by atoms with Crippen LogP contribution in [0.5, 0.6) is 17.2 Å². The molecule has 6 N–H and O–H groups in total. The molecule has 0 aliphatic carbocycles. The number of hydrogen-bond donors (Lipinski definition) is 6. The second-order valence-corrected chi connectivity index (χ2v) is 7.32. The molecule has 0 radical (unpaired) electrons. The minimum atomic E-state index is -1.02. The predicted octanol–water partition coefficient (Wildman–Crippen LogP) is 3.36. The van der Waals surface area contributed by atoms with E-state index in [0.717, 1.165) is 0 Å². The Bertz CT molecular complexity index is 714. The van der Waals surface area contributed by atoms with E-state index in [1.807, 2.05) is 13.8 Å². The van der Waals surface area contributed by atoms with Gasteiger partial charge >= 0.3 is 0 Å². The van der Waals surface area contributed by atoms with Gasteiger partial charge < -0.3 is 30.8 Å². The maximum Gasteiger partial charge on any atom is 0.138 e. The molecule has 0 fully saturated rings. The Morgan fingerprint density at radius 3 is 2.15 bits per heavy atom. The zero-order valence-corrected chi connectivity index (χ0v) is 15.7. The van der Waals surface area contributed by atoms with Gasteiger partial charge in [-0.1, -0.05) is 26.0 Å². The van der Waals surface area contributed by atoms with Gasteiger partial charge in [0.2, 0.25) is 0 Å². The fraction of sp³-hybridized carbons (Fsp3) is 0.429. The monoisotopic (exact) mass is 375 g/mol. The molecule has 0 unspecified atom stereocenters. The SMILES string of the molecule is CC(C)C[C@H]([C@H](O)CCNc1ccccc1O)[C@@H](O)c1cc(O)cc(O)c1. The molecule has 0 spiro atoms. The third-order valence-electron chi connectivity index (χ3n) is 4.57. The molecule has 2 aromatic rings. The number of aliphatic hydroxyl groups is 2. The van der Waals surface area contributed by atoms with Crippen molar-refractivity contribution in [3.05, 3.63) is 48.0 Å². The maximum absolute atomic E-state index is 10.8. The minimum absolute atomic E-state index is 0.136. The summed E-state index contributed by atoms with van der Waals surface area (Å²) < 4.78 is 0. The number of hydrogen-bond acceptors (Lipinski definition) is 6. The fourth-order valence-electron chi connectivity index (χ4n) is 3.27. The molecule has 2 rings (SSSR count). The molecule has 3 atom stereocenters. The zero-order valence-electron chi connectivity index (χ0n) is 15.7. The lowest BCUT2D eigenvalue weighted by Gasteiger charge is -2.29. The number of rotatable bonds is 9. The van der Waals surface area contributed by atoms with Crippen LogP contribution in [0.15, 0.2) is 42.5 Å². The number of nitrogens with one attached hydrogen (secondary N) is 1. The van der Waals surface area contributed by atoms with E-state index < -0.39 is 18.1 Å². The summed E-state index contributed by atoms with van der Waals surface area (Å²) in [6.45, 7) is 4.44. The lowest BCUT2D eigenvalue weighted by Crippen LogP contribution is -2.30. The van der Waals surface area contributed by atoms with Crippen LogP contribution in [0.3, 0.4) is 0 Å². The van der Waals surface area contributed by atoms with Crippen LogP contribution >= 0.6 is 0 Å². The lowest BCUT2D eigenvalue weighted by atomic mass is 9.83. The van der Waals surface area contributed by atoms with Crippen LogP contribution in [0.4, 0.5) is 5.69 Å². The molecule has 0 amide bonds. The van der Waals surface area contributed by atoms with Crippen molar-refractivity contribution in [1.29, 1.82) is 0 Å². The Labute approximate surface area is 159 Å². The summed E-state index contributed by atoms with van der Waals surface area (Å²) in [5, 5.41) is 53.7. The van der Waals surface area contributed by atoms with Crippen LogP contribution < -0.4 is 5.32 Å². The molecule has 0 aliphatic rings. The topological polar surface area (TPSA) is 113 Å². The molecular formula is C21H29NO5. The van der Waals surface area contributed by atoms with Gasteiger partial charge in [0.25, 0.3) is 0 Å². The largest absolute Gasteiger partial charge is 0.508 e. The fourth-order valence-corrected chi connectivity index (χ4v) is 3.27. The first-order valence-electron chi connectivity index (χ1n) is 9.18. The second-order valence-electron chi connectivity index (χ2n) is 7.32. The lowest BCUT2D eigenvalue weighted by molar-refractivity contribution is -0.00187. The average molecular weight is 375 g/mol. The number of aromatic hydroxyl groups is 3. The normalized spacial score (nSPS) is 14.7. The van der Waals surface area contributed by atoms with Gasteiger partial charge in [0.15, 0.2) is 0 Å². The van der Waals surface area contributed by atoms with Gasteiger partial charge in [0.05, 0.1) is 17.9 Å². The molecular weight excluding hydrogens is 346 g/mol. The molecule has 2 aromatic carbocycles. The molecule has 0 saturated carbocycles. The summed E-state index contributed by atoms with van der Waals surface area (Å²) in [5.74, 6) is -0.346. The molecule has 0 aliphatic heterocycles. The van der Waals surface area contributed by atoms with E-state index in [1.165, 1.54) is 18.2 Å². The summed E-state index contributed by atoms with van der Waals surface area (Å²) in [6, 6.07) is 10.8. The third kappa shape index (κ3) is 6.05. The van der Waals surface area contributed by atoms with E-state index in [4.69, 9.17) is 0 Å². The maximum atomic E-state index is 10.8. The van der Waals surface area contributed by atoms with Crippen LogP contribution in [0, 0.1) is 11.8 Å². The van der Waals surface area contributed by atoms with Crippen LogP contribution in [-0.4, -0.2) is 38.2 Å². The first-order chi connectivity index (χ1) is 12.8. The van der Waals surface area contributed by atoms with Crippen LogP contribution in [0.2, 0.25) is 0 Å². The highest BCUT2D eigenvalue weighted by Gasteiger charge is 2.29. The van der Waals surface area contributed by atoms with Crippen molar-refractivity contribution >= 4 is 5.69 Å². The Balaban J connectivity index is 2.06. The van der Waals surface area contributed by atoms with Gasteiger partial charge in [-0.05, 0) is 48.6 Å². The van der Waals surface area contributed by atoms with Crippen molar-refractivity contribution in [2.75, 3.05) is 11.9 Å². The summed E-state index contributed by atoms with van der Waals surface area (Å²) >= 11 is 0. The van der Waals surface area contributed by atoms with E-state index in [0.29, 0.717) is 30.6 Å². The summed E-state index contributed by atoms with van der Waals surface area (Å²) in [5.41, 5.74) is 0.953. The standard InChI is InChI=1S/C21H29NO5/c1-13(2)9-17(21(27)14-10-15(23)12-16(24)11-14)19(25)7-8-22-18-5-3-4-6-20(18)26/h3-6,10-13,17,19,21-27H,7-9H2,1-2H3/t17-,19-,21+/m1/s1. The number of benzene rings is 2. The first-order valence-corrected chi connectivity index (χ1v) is 9.18. The molecule has 0 bridgehead atoms. The van der Waals surface area contributed by atoms with Gasteiger partial charge in [-0.25, -0.2) is 0 Å². The van der Waals surface area contributed by atoms with Gasteiger partial charge in [-0.2, -0.15) is 0 Å². The third-order valence-corrected chi connectivity index (χ3v) is 4.57. The van der Waals surface area contributed by atoms with Crippen molar-refractivity contribution in [3.8, 4) is 17.2 Å². The number of para-hydroxylation sites is 2. The summed E-state index contributed by atoms with van der Waals surface area (Å²) in [6.07, 6.45) is -0.876. The smallest absolute Gasteiger partial charge is 0.138 e. The Hall–Kier alpha value is -2.44. The van der Waals surface area contributed by atoms with Crippen LogP contribution in [0.25, 0.3) is 0 Å². The van der Waals surface area contributed by atoms with Crippen molar-refractivity contribution in [2.24, 2.45) is 11.8 Å². The average Bonchev–Trinajstić information content (AvgIpc) is 2.59. The molecule has 0 heterocycles. The molecule has 6 heteroatoms. The number of anilines is 1. The van der Waals surface area contributed by atoms with E-state index in [-0.39, 0.29) is 23.2 Å². The molecule has 148 valence electrons. The first kappa shape index (κ1) is 20.9. The minimum Gasteiger partial charge on any atom is -0.508 e. The van der Waals surface area contributed by atoms with Crippen LogP contribution in [0.1, 0.15) is 38.4 Å². The van der Waals surface area contributed by atoms with Gasteiger partial charge in [-0.3, -0.25) is 0 Å². The summed E-state index contributed by atoms with van der Waals surface area (Å²) in [7, 11) is 0. The van der Waals surface area contributed by atoms with E-state index in [1.54, 1.807) is 24.3 Å². The van der Waals surface area contributed by atoms with E-state index in [2.05, 4.69) is 5.32 Å². The van der Waals surface area contributed by atoms with Crippen molar-refractivity contribution in [3.63, 3.8) is 0 Å². The predicted molar refractivity (Wildman–Crippen MR) is 105 cm³/mol. The molecule has 0 saturated heterocycles. The Morgan fingerprint density at radius 1 is 0.926 bits per heavy atom. The number of aliphatic hydroxyl groups excluding tert-OH is 2. The second kappa shape index (κ2) is 9.48. The zero-order chi connectivity index (χ0) is 20.0. The van der Waals surface area contributed by atoms with Crippen LogP contribution in [-0.2, 0) is 0 Å². The van der Waals surface area contributed by atoms with E-state index in [9.17, 15) is 25.5 Å².